The molecule has 1 fully saturated rings. The highest BCUT2D eigenvalue weighted by Gasteiger charge is 2.27. The minimum atomic E-state index is -0.0565. The summed E-state index contributed by atoms with van der Waals surface area (Å²) in [5, 5.41) is 4.26. The molecular formula is C15H15ClN2OS. The van der Waals surface area contributed by atoms with Gasteiger partial charge in [-0.15, -0.1) is 11.3 Å². The average molecular weight is 307 g/mol. The van der Waals surface area contributed by atoms with E-state index >= 15 is 0 Å². The van der Waals surface area contributed by atoms with Crippen molar-refractivity contribution in [2.24, 2.45) is 0 Å². The zero-order chi connectivity index (χ0) is 14.3. The van der Waals surface area contributed by atoms with Crippen molar-refractivity contribution in [2.75, 3.05) is 5.73 Å². The molecule has 2 aromatic rings. The fourth-order valence-electron chi connectivity index (χ4n) is 2.18. The molecule has 104 valence electrons. The van der Waals surface area contributed by atoms with Gasteiger partial charge in [0.05, 0.1) is 10.6 Å². The first-order valence-electron chi connectivity index (χ1n) is 6.52. The molecule has 0 unspecified atom stereocenters. The number of hydrogen-bond donors (Lipinski definition) is 2. The standard InChI is InChI=1S/C15H15ClN2OS/c1-8-12(15(19)18-11-6-7-11)14(17)20-13(8)9-2-4-10(16)5-3-9/h2-5,11H,6-7,17H2,1H3,(H,18,19). The Labute approximate surface area is 126 Å². The lowest BCUT2D eigenvalue weighted by atomic mass is 10.1. The molecule has 1 aromatic carbocycles. The number of carbonyl (C=O) groups excluding carboxylic acids is 1. The minimum Gasteiger partial charge on any atom is -0.390 e. The molecule has 0 spiro atoms. The van der Waals surface area contributed by atoms with E-state index in [0.29, 0.717) is 21.6 Å². The minimum absolute atomic E-state index is 0.0565. The van der Waals surface area contributed by atoms with Gasteiger partial charge in [0.1, 0.15) is 0 Å². The first-order valence-corrected chi connectivity index (χ1v) is 7.71. The van der Waals surface area contributed by atoms with Crippen molar-refractivity contribution in [1.29, 1.82) is 0 Å². The lowest BCUT2D eigenvalue weighted by Crippen LogP contribution is -2.26. The van der Waals surface area contributed by atoms with E-state index < -0.39 is 0 Å². The monoisotopic (exact) mass is 306 g/mol. The number of halogens is 1. The Morgan fingerprint density at radius 3 is 2.60 bits per heavy atom. The van der Waals surface area contributed by atoms with Crippen LogP contribution < -0.4 is 11.1 Å². The van der Waals surface area contributed by atoms with Crippen LogP contribution in [0.25, 0.3) is 10.4 Å². The Balaban J connectivity index is 1.97. The number of thiophene rings is 1. The van der Waals surface area contributed by atoms with Crippen LogP contribution in [0.1, 0.15) is 28.8 Å². The molecule has 3 rings (SSSR count). The number of nitrogens with one attached hydrogen (secondary N) is 1. The van der Waals surface area contributed by atoms with Crippen LogP contribution in [0.4, 0.5) is 5.00 Å². The third kappa shape index (κ3) is 2.53. The molecule has 1 aliphatic rings. The zero-order valence-corrected chi connectivity index (χ0v) is 12.6. The van der Waals surface area contributed by atoms with Crippen LogP contribution in [0.15, 0.2) is 24.3 Å². The SMILES string of the molecule is Cc1c(-c2ccc(Cl)cc2)sc(N)c1C(=O)NC1CC1. The molecule has 5 heteroatoms. The third-order valence-corrected chi connectivity index (χ3v) is 4.84. The number of nitrogens with two attached hydrogens (primary N) is 1. The van der Waals surface area contributed by atoms with Crippen LogP contribution in [0.3, 0.4) is 0 Å². The summed E-state index contributed by atoms with van der Waals surface area (Å²) in [7, 11) is 0. The van der Waals surface area contributed by atoms with Crippen LogP contribution in [0.2, 0.25) is 5.02 Å². The van der Waals surface area contributed by atoms with Crippen molar-refractivity contribution in [2.45, 2.75) is 25.8 Å². The Morgan fingerprint density at radius 2 is 2.00 bits per heavy atom. The molecule has 0 bridgehead atoms. The van der Waals surface area contributed by atoms with E-state index in [1.807, 2.05) is 31.2 Å². The van der Waals surface area contributed by atoms with Gasteiger partial charge < -0.3 is 11.1 Å². The summed E-state index contributed by atoms with van der Waals surface area (Å²) in [5.41, 5.74) is 8.63. The van der Waals surface area contributed by atoms with Crippen LogP contribution >= 0.6 is 22.9 Å². The second-order valence-electron chi connectivity index (χ2n) is 5.05. The number of nitrogen functional groups attached to an aromatic ring is 1. The van der Waals surface area contributed by atoms with Crippen molar-refractivity contribution in [3.05, 3.63) is 40.4 Å². The number of hydrogen-bond acceptors (Lipinski definition) is 3. The van der Waals surface area contributed by atoms with E-state index in [9.17, 15) is 4.79 Å². The molecule has 0 aliphatic heterocycles. The highest BCUT2D eigenvalue weighted by molar-refractivity contribution is 7.19. The van der Waals surface area contributed by atoms with E-state index in [-0.39, 0.29) is 5.91 Å². The predicted octanol–water partition coefficient (Wildman–Crippen LogP) is 3.85. The van der Waals surface area contributed by atoms with Crippen LogP contribution in [0, 0.1) is 6.92 Å². The van der Waals surface area contributed by atoms with Crippen molar-refractivity contribution in [1.82, 2.24) is 5.32 Å². The number of benzene rings is 1. The second-order valence-corrected chi connectivity index (χ2v) is 6.54. The van der Waals surface area contributed by atoms with Gasteiger partial charge in [-0.05, 0) is 43.0 Å². The molecule has 3 nitrogen and oxygen atoms in total. The van der Waals surface area contributed by atoms with Gasteiger partial charge in [-0.1, -0.05) is 23.7 Å². The molecule has 1 aliphatic carbocycles. The van der Waals surface area contributed by atoms with Crippen molar-refractivity contribution in [3.8, 4) is 10.4 Å². The number of amides is 1. The normalized spacial score (nSPS) is 14.3. The fraction of sp³-hybridized carbons (Fsp3) is 0.267. The maximum Gasteiger partial charge on any atom is 0.254 e. The Kier molecular flexibility index (Phi) is 3.44. The van der Waals surface area contributed by atoms with Gasteiger partial charge in [0, 0.05) is 15.9 Å². The van der Waals surface area contributed by atoms with E-state index in [1.165, 1.54) is 11.3 Å². The van der Waals surface area contributed by atoms with Crippen LogP contribution in [-0.2, 0) is 0 Å². The number of anilines is 1. The molecule has 0 radical (unpaired) electrons. The maximum atomic E-state index is 12.2. The highest BCUT2D eigenvalue weighted by atomic mass is 35.5. The van der Waals surface area contributed by atoms with Crippen LogP contribution in [-0.4, -0.2) is 11.9 Å². The highest BCUT2D eigenvalue weighted by Crippen LogP contribution is 2.38. The summed E-state index contributed by atoms with van der Waals surface area (Å²) < 4.78 is 0. The summed E-state index contributed by atoms with van der Waals surface area (Å²) in [6, 6.07) is 7.92. The van der Waals surface area contributed by atoms with Gasteiger partial charge in [0.25, 0.3) is 5.91 Å². The van der Waals surface area contributed by atoms with Gasteiger partial charge in [-0.25, -0.2) is 0 Å². The van der Waals surface area contributed by atoms with Gasteiger partial charge in [-0.2, -0.15) is 0 Å². The van der Waals surface area contributed by atoms with Gasteiger partial charge in [-0.3, -0.25) is 4.79 Å². The summed E-state index contributed by atoms with van der Waals surface area (Å²) in [5.74, 6) is -0.0565. The quantitative estimate of drug-likeness (QED) is 0.905. The van der Waals surface area contributed by atoms with Crippen molar-refractivity contribution < 1.29 is 4.79 Å². The zero-order valence-electron chi connectivity index (χ0n) is 11.1. The first-order chi connectivity index (χ1) is 9.56. The molecule has 1 amide bonds. The first kappa shape index (κ1) is 13.5. The van der Waals surface area contributed by atoms with E-state index in [2.05, 4.69) is 5.32 Å². The lowest BCUT2D eigenvalue weighted by molar-refractivity contribution is 0.0952. The van der Waals surface area contributed by atoms with Crippen LogP contribution in [0.5, 0.6) is 0 Å². The lowest BCUT2D eigenvalue weighted by Gasteiger charge is -2.04. The Morgan fingerprint density at radius 1 is 1.35 bits per heavy atom. The van der Waals surface area contributed by atoms with E-state index in [4.69, 9.17) is 17.3 Å². The molecule has 1 saturated carbocycles. The summed E-state index contributed by atoms with van der Waals surface area (Å²) >= 11 is 7.35. The largest absolute Gasteiger partial charge is 0.390 e. The van der Waals surface area contributed by atoms with E-state index in [0.717, 1.165) is 28.8 Å². The molecular weight excluding hydrogens is 292 g/mol. The van der Waals surface area contributed by atoms with Gasteiger partial charge >= 0.3 is 0 Å². The number of carbonyl (C=O) groups is 1. The Hall–Kier alpha value is -1.52. The Bertz CT molecular complexity index is 659. The molecule has 3 N–H and O–H groups in total. The predicted molar refractivity (Wildman–Crippen MR) is 84.4 cm³/mol. The molecule has 1 aromatic heterocycles. The smallest absolute Gasteiger partial charge is 0.254 e. The molecule has 0 atom stereocenters. The molecule has 1 heterocycles. The summed E-state index contributed by atoms with van der Waals surface area (Å²) in [4.78, 5) is 13.3. The average Bonchev–Trinajstić information content (AvgIpc) is 3.16. The summed E-state index contributed by atoms with van der Waals surface area (Å²) in [6.07, 6.45) is 2.14. The van der Waals surface area contributed by atoms with E-state index in [1.54, 1.807) is 0 Å². The van der Waals surface area contributed by atoms with Gasteiger partial charge in [0.15, 0.2) is 0 Å². The van der Waals surface area contributed by atoms with Crippen molar-refractivity contribution in [3.63, 3.8) is 0 Å². The fourth-order valence-corrected chi connectivity index (χ4v) is 3.38. The molecule has 0 saturated heterocycles. The maximum absolute atomic E-state index is 12.2. The molecule has 20 heavy (non-hydrogen) atoms. The topological polar surface area (TPSA) is 55.1 Å². The van der Waals surface area contributed by atoms with Gasteiger partial charge in [0.2, 0.25) is 0 Å². The van der Waals surface area contributed by atoms with Crippen molar-refractivity contribution >= 4 is 33.8 Å². The third-order valence-electron chi connectivity index (χ3n) is 3.42. The second kappa shape index (κ2) is 5.11. The number of rotatable bonds is 3. The summed E-state index contributed by atoms with van der Waals surface area (Å²) in [6.45, 7) is 1.94.